The fourth-order valence-electron chi connectivity index (χ4n) is 1.18. The van der Waals surface area contributed by atoms with Gasteiger partial charge in [-0.25, -0.2) is 0 Å². The van der Waals surface area contributed by atoms with Crippen LogP contribution in [0.15, 0.2) is 18.2 Å². The molecule has 0 aromatic heterocycles. The van der Waals surface area contributed by atoms with E-state index < -0.39 is 0 Å². The highest BCUT2D eigenvalue weighted by Crippen LogP contribution is 2.27. The Bertz CT molecular complexity index is 317. The van der Waals surface area contributed by atoms with Crippen LogP contribution in [0.2, 0.25) is 5.02 Å². The van der Waals surface area contributed by atoms with Gasteiger partial charge >= 0.3 is 0 Å². The molecule has 0 aliphatic heterocycles. The third kappa shape index (κ3) is 2.30. The molecule has 0 aliphatic rings. The van der Waals surface area contributed by atoms with Crippen molar-refractivity contribution in [3.05, 3.63) is 23.2 Å². The Morgan fingerprint density at radius 1 is 1.57 bits per heavy atom. The molecule has 0 spiro atoms. The predicted octanol–water partition coefficient (Wildman–Crippen LogP) is 1.74. The monoisotopic (exact) mass is 214 g/mol. The van der Waals surface area contributed by atoms with Crippen LogP contribution in [-0.4, -0.2) is 24.8 Å². The van der Waals surface area contributed by atoms with Crippen molar-refractivity contribution in [3.63, 3.8) is 0 Å². The molecular weight excluding hydrogens is 200 g/mol. The smallest absolute Gasteiger partial charge is 0.0632 e. The van der Waals surface area contributed by atoms with E-state index in [-0.39, 0.29) is 12.6 Å². The number of hydrogen-bond donors (Lipinski definition) is 2. The SMILES string of the molecule is CC(CO)N(C)c1cc(Cl)ccc1N. The van der Waals surface area contributed by atoms with Crippen LogP contribution < -0.4 is 10.6 Å². The number of aliphatic hydroxyl groups excluding tert-OH is 1. The van der Waals surface area contributed by atoms with E-state index >= 15 is 0 Å². The maximum absolute atomic E-state index is 9.01. The Morgan fingerprint density at radius 2 is 2.21 bits per heavy atom. The number of nitrogens with zero attached hydrogens (tertiary/aromatic N) is 1. The highest BCUT2D eigenvalue weighted by Gasteiger charge is 2.11. The van der Waals surface area contributed by atoms with E-state index in [0.29, 0.717) is 10.7 Å². The summed E-state index contributed by atoms with van der Waals surface area (Å²) in [6.45, 7) is 2.00. The summed E-state index contributed by atoms with van der Waals surface area (Å²) in [6.07, 6.45) is 0. The molecule has 3 nitrogen and oxygen atoms in total. The minimum atomic E-state index is 0.0239. The lowest BCUT2D eigenvalue weighted by molar-refractivity contribution is 0.270. The zero-order chi connectivity index (χ0) is 10.7. The molecule has 1 unspecified atom stereocenters. The number of benzene rings is 1. The second-order valence-corrected chi connectivity index (χ2v) is 3.78. The number of nitrogen functional groups attached to an aromatic ring is 1. The van der Waals surface area contributed by atoms with Crippen LogP contribution in [0.4, 0.5) is 11.4 Å². The molecule has 1 aromatic rings. The standard InChI is InChI=1S/C10H15ClN2O/c1-7(6-14)13(2)10-5-8(11)3-4-9(10)12/h3-5,7,14H,6,12H2,1-2H3. The fourth-order valence-corrected chi connectivity index (χ4v) is 1.35. The molecule has 0 saturated carbocycles. The van der Waals surface area contributed by atoms with Gasteiger partial charge in [-0.05, 0) is 25.1 Å². The first-order valence-electron chi connectivity index (χ1n) is 4.45. The van der Waals surface area contributed by atoms with Crippen molar-refractivity contribution < 1.29 is 5.11 Å². The summed E-state index contributed by atoms with van der Waals surface area (Å²) >= 11 is 5.86. The lowest BCUT2D eigenvalue weighted by Gasteiger charge is -2.26. The zero-order valence-corrected chi connectivity index (χ0v) is 9.12. The molecule has 0 bridgehead atoms. The lowest BCUT2D eigenvalue weighted by Crippen LogP contribution is -2.32. The van der Waals surface area contributed by atoms with Gasteiger partial charge in [0.05, 0.1) is 18.0 Å². The Balaban J connectivity index is 2.99. The van der Waals surface area contributed by atoms with E-state index in [2.05, 4.69) is 0 Å². The maximum Gasteiger partial charge on any atom is 0.0632 e. The van der Waals surface area contributed by atoms with Gasteiger partial charge in [0.2, 0.25) is 0 Å². The molecule has 0 heterocycles. The van der Waals surface area contributed by atoms with Gasteiger partial charge in [-0.3, -0.25) is 0 Å². The first-order chi connectivity index (χ1) is 6.56. The van der Waals surface area contributed by atoms with Crippen LogP contribution in [0.5, 0.6) is 0 Å². The summed E-state index contributed by atoms with van der Waals surface area (Å²) in [5.41, 5.74) is 7.31. The van der Waals surface area contributed by atoms with E-state index in [4.69, 9.17) is 22.4 Å². The second-order valence-electron chi connectivity index (χ2n) is 3.35. The van der Waals surface area contributed by atoms with Crippen molar-refractivity contribution in [3.8, 4) is 0 Å². The molecule has 0 saturated heterocycles. The van der Waals surface area contributed by atoms with Gasteiger partial charge in [0, 0.05) is 18.1 Å². The van der Waals surface area contributed by atoms with Crippen molar-refractivity contribution in [2.75, 3.05) is 24.3 Å². The summed E-state index contributed by atoms with van der Waals surface area (Å²) in [7, 11) is 1.88. The van der Waals surface area contributed by atoms with E-state index in [0.717, 1.165) is 5.69 Å². The quantitative estimate of drug-likeness (QED) is 0.754. The molecule has 0 radical (unpaired) electrons. The number of aliphatic hydroxyl groups is 1. The summed E-state index contributed by atoms with van der Waals surface area (Å²) < 4.78 is 0. The molecule has 14 heavy (non-hydrogen) atoms. The molecule has 0 aliphatic carbocycles. The molecule has 0 amide bonds. The molecule has 78 valence electrons. The van der Waals surface area contributed by atoms with Crippen molar-refractivity contribution in [1.29, 1.82) is 0 Å². The molecule has 4 heteroatoms. The van der Waals surface area contributed by atoms with Crippen LogP contribution in [-0.2, 0) is 0 Å². The summed E-state index contributed by atoms with van der Waals surface area (Å²) in [5, 5.41) is 9.66. The normalized spacial score (nSPS) is 12.6. The average Bonchev–Trinajstić information content (AvgIpc) is 2.19. The van der Waals surface area contributed by atoms with Gasteiger partial charge in [0.1, 0.15) is 0 Å². The minimum absolute atomic E-state index is 0.0239. The summed E-state index contributed by atoms with van der Waals surface area (Å²) in [4.78, 5) is 1.90. The van der Waals surface area contributed by atoms with E-state index in [1.165, 1.54) is 0 Å². The fraction of sp³-hybridized carbons (Fsp3) is 0.400. The molecular formula is C10H15ClN2O. The first-order valence-corrected chi connectivity index (χ1v) is 4.82. The van der Waals surface area contributed by atoms with Gasteiger partial charge in [-0.1, -0.05) is 11.6 Å². The van der Waals surface area contributed by atoms with E-state index in [1.54, 1.807) is 18.2 Å². The van der Waals surface area contributed by atoms with Gasteiger partial charge in [0.15, 0.2) is 0 Å². The zero-order valence-electron chi connectivity index (χ0n) is 8.37. The van der Waals surface area contributed by atoms with E-state index in [1.807, 2.05) is 18.9 Å². The molecule has 3 N–H and O–H groups in total. The van der Waals surface area contributed by atoms with Gasteiger partial charge in [-0.2, -0.15) is 0 Å². The topological polar surface area (TPSA) is 49.5 Å². The number of hydrogen-bond acceptors (Lipinski definition) is 3. The molecule has 1 rings (SSSR count). The lowest BCUT2D eigenvalue weighted by atomic mass is 10.2. The maximum atomic E-state index is 9.01. The number of halogens is 1. The van der Waals surface area contributed by atoms with Gasteiger partial charge < -0.3 is 15.7 Å². The third-order valence-electron chi connectivity index (χ3n) is 2.30. The summed E-state index contributed by atoms with van der Waals surface area (Å²) in [6, 6.07) is 5.33. The minimum Gasteiger partial charge on any atom is -0.397 e. The number of likely N-dealkylation sites (N-methyl/N-ethyl adjacent to an activating group) is 1. The van der Waals surface area contributed by atoms with Crippen LogP contribution in [0.1, 0.15) is 6.92 Å². The average molecular weight is 215 g/mol. The van der Waals surface area contributed by atoms with Crippen LogP contribution in [0, 0.1) is 0 Å². The van der Waals surface area contributed by atoms with Gasteiger partial charge in [0.25, 0.3) is 0 Å². The molecule has 0 fully saturated rings. The summed E-state index contributed by atoms with van der Waals surface area (Å²) in [5.74, 6) is 0. The van der Waals surface area contributed by atoms with Crippen LogP contribution >= 0.6 is 11.6 Å². The number of rotatable bonds is 3. The highest BCUT2D eigenvalue weighted by atomic mass is 35.5. The van der Waals surface area contributed by atoms with Crippen LogP contribution in [0.25, 0.3) is 0 Å². The van der Waals surface area contributed by atoms with Crippen molar-refractivity contribution in [1.82, 2.24) is 0 Å². The van der Waals surface area contributed by atoms with Crippen LogP contribution in [0.3, 0.4) is 0 Å². The Labute approximate surface area is 89.1 Å². The van der Waals surface area contributed by atoms with E-state index in [9.17, 15) is 0 Å². The van der Waals surface area contributed by atoms with Gasteiger partial charge in [-0.15, -0.1) is 0 Å². The van der Waals surface area contributed by atoms with Crippen molar-refractivity contribution in [2.45, 2.75) is 13.0 Å². The third-order valence-corrected chi connectivity index (χ3v) is 2.53. The number of anilines is 2. The largest absolute Gasteiger partial charge is 0.397 e. The predicted molar refractivity (Wildman–Crippen MR) is 60.8 cm³/mol. The van der Waals surface area contributed by atoms with Crippen molar-refractivity contribution >= 4 is 23.0 Å². The second kappa shape index (κ2) is 4.53. The first kappa shape index (κ1) is 11.1. The Hall–Kier alpha value is -0.930. The highest BCUT2D eigenvalue weighted by molar-refractivity contribution is 6.31. The molecule has 1 atom stereocenters. The molecule has 1 aromatic carbocycles. The number of nitrogens with two attached hydrogens (primary N) is 1. The van der Waals surface area contributed by atoms with Crippen molar-refractivity contribution in [2.24, 2.45) is 0 Å². The Kier molecular flexibility index (Phi) is 3.61. The Morgan fingerprint density at radius 3 is 2.79 bits per heavy atom.